The highest BCUT2D eigenvalue weighted by molar-refractivity contribution is 7.89. The first kappa shape index (κ1) is 22.1. The number of aryl methyl sites for hydroxylation is 1. The average molecular weight is 450 g/mol. The van der Waals surface area contributed by atoms with Gasteiger partial charge >= 0.3 is 0 Å². The molecule has 0 spiro atoms. The van der Waals surface area contributed by atoms with Gasteiger partial charge in [0, 0.05) is 32.2 Å². The quantitative estimate of drug-likeness (QED) is 0.765. The van der Waals surface area contributed by atoms with E-state index in [9.17, 15) is 18.0 Å². The maximum atomic E-state index is 13.5. The highest BCUT2D eigenvalue weighted by atomic mass is 32.2. The molecule has 0 radical (unpaired) electrons. The van der Waals surface area contributed by atoms with Gasteiger partial charge in [-0.05, 0) is 51.2 Å². The van der Waals surface area contributed by atoms with Gasteiger partial charge in [0.1, 0.15) is 5.75 Å². The number of hydrogen-bond donors (Lipinski definition) is 1. The Morgan fingerprint density at radius 1 is 1.10 bits per heavy atom. The van der Waals surface area contributed by atoms with Gasteiger partial charge in [0.2, 0.25) is 15.9 Å². The molecule has 1 aromatic carbocycles. The molecule has 0 saturated carbocycles. The third-order valence-electron chi connectivity index (χ3n) is 6.48. The van der Waals surface area contributed by atoms with E-state index in [0.29, 0.717) is 30.0 Å². The molecule has 0 aromatic heterocycles. The third-order valence-corrected chi connectivity index (χ3v) is 8.48. The number of ether oxygens (including phenoxy) is 1. The molecule has 1 aromatic rings. The molecule has 1 N–H and O–H groups in total. The van der Waals surface area contributed by atoms with E-state index in [2.05, 4.69) is 5.32 Å². The first-order valence-electron chi connectivity index (χ1n) is 11.2. The Morgan fingerprint density at radius 3 is 2.52 bits per heavy atom. The van der Waals surface area contributed by atoms with Gasteiger partial charge in [-0.3, -0.25) is 9.59 Å². The van der Waals surface area contributed by atoms with E-state index in [1.54, 1.807) is 19.9 Å². The Hall–Kier alpha value is -2.13. The van der Waals surface area contributed by atoms with Crippen molar-refractivity contribution in [3.63, 3.8) is 0 Å². The monoisotopic (exact) mass is 449 g/mol. The van der Waals surface area contributed by atoms with Crippen LogP contribution in [0.4, 0.5) is 5.69 Å². The Kier molecular flexibility index (Phi) is 6.25. The number of carbonyl (C=O) groups is 2. The number of likely N-dealkylation sites (tertiary alicyclic amines) is 1. The van der Waals surface area contributed by atoms with Crippen LogP contribution in [-0.4, -0.2) is 61.7 Å². The van der Waals surface area contributed by atoms with Crippen molar-refractivity contribution >= 4 is 27.5 Å². The van der Waals surface area contributed by atoms with Gasteiger partial charge in [-0.25, -0.2) is 8.42 Å². The fraction of sp³-hybridized carbons (Fsp3) is 0.636. The van der Waals surface area contributed by atoms with Gasteiger partial charge in [0.15, 0.2) is 6.10 Å². The number of rotatable bonds is 3. The predicted octanol–water partition coefficient (Wildman–Crippen LogP) is 2.52. The number of anilines is 1. The zero-order valence-electron chi connectivity index (χ0n) is 18.2. The van der Waals surface area contributed by atoms with Crippen LogP contribution in [0.2, 0.25) is 0 Å². The van der Waals surface area contributed by atoms with Crippen LogP contribution in [-0.2, 0) is 19.6 Å². The molecule has 31 heavy (non-hydrogen) atoms. The van der Waals surface area contributed by atoms with E-state index in [-0.39, 0.29) is 29.2 Å². The van der Waals surface area contributed by atoms with Crippen molar-refractivity contribution in [3.8, 4) is 5.75 Å². The van der Waals surface area contributed by atoms with Crippen molar-refractivity contribution in [2.45, 2.75) is 63.4 Å². The molecular formula is C22H31N3O5S. The van der Waals surface area contributed by atoms with Crippen LogP contribution < -0.4 is 10.1 Å². The van der Waals surface area contributed by atoms with Crippen LogP contribution >= 0.6 is 0 Å². The molecule has 0 unspecified atom stereocenters. The van der Waals surface area contributed by atoms with Gasteiger partial charge in [-0.2, -0.15) is 4.31 Å². The van der Waals surface area contributed by atoms with E-state index in [1.807, 2.05) is 4.90 Å². The normalized spacial score (nSPS) is 25.2. The van der Waals surface area contributed by atoms with Crippen molar-refractivity contribution in [1.29, 1.82) is 0 Å². The number of carbonyl (C=O) groups excluding carboxylic acids is 2. The van der Waals surface area contributed by atoms with Gasteiger partial charge in [-0.15, -0.1) is 0 Å². The maximum Gasteiger partial charge on any atom is 0.265 e. The molecule has 2 fully saturated rings. The molecule has 170 valence electrons. The first-order valence-corrected chi connectivity index (χ1v) is 12.6. The molecule has 3 aliphatic rings. The van der Waals surface area contributed by atoms with E-state index < -0.39 is 16.1 Å². The number of nitrogens with zero attached hydrogens (tertiary/aromatic N) is 2. The summed E-state index contributed by atoms with van der Waals surface area (Å²) in [5, 5.41) is 2.75. The minimum absolute atomic E-state index is 0.0869. The van der Waals surface area contributed by atoms with Gasteiger partial charge in [0.05, 0.1) is 16.5 Å². The van der Waals surface area contributed by atoms with E-state index >= 15 is 0 Å². The summed E-state index contributed by atoms with van der Waals surface area (Å²) in [5.74, 6) is -0.113. The molecule has 2 saturated heterocycles. The van der Waals surface area contributed by atoms with E-state index in [4.69, 9.17) is 4.74 Å². The number of benzene rings is 1. The average Bonchev–Trinajstić information content (AvgIpc) is 3.03. The van der Waals surface area contributed by atoms with Crippen molar-refractivity contribution in [2.24, 2.45) is 5.92 Å². The summed E-state index contributed by atoms with van der Waals surface area (Å²) in [5.41, 5.74) is 1.02. The lowest BCUT2D eigenvalue weighted by molar-refractivity contribution is -0.136. The minimum atomic E-state index is -3.79. The number of piperidine rings is 1. The number of amides is 2. The Balaban J connectivity index is 1.55. The Bertz CT molecular complexity index is 970. The summed E-state index contributed by atoms with van der Waals surface area (Å²) >= 11 is 0. The summed E-state index contributed by atoms with van der Waals surface area (Å²) in [7, 11) is -3.79. The second-order valence-electron chi connectivity index (χ2n) is 8.80. The molecule has 4 rings (SSSR count). The molecule has 9 heteroatoms. The highest BCUT2D eigenvalue weighted by Gasteiger charge is 2.37. The van der Waals surface area contributed by atoms with Gasteiger partial charge in [0.25, 0.3) is 5.91 Å². The van der Waals surface area contributed by atoms with Crippen molar-refractivity contribution in [2.75, 3.05) is 31.5 Å². The van der Waals surface area contributed by atoms with Crippen LogP contribution in [0, 0.1) is 12.8 Å². The fourth-order valence-corrected chi connectivity index (χ4v) is 6.42. The van der Waals surface area contributed by atoms with Crippen LogP contribution in [0.3, 0.4) is 0 Å². The number of fused-ring (bicyclic) bond motifs is 1. The van der Waals surface area contributed by atoms with Crippen molar-refractivity contribution in [3.05, 3.63) is 17.7 Å². The zero-order chi connectivity index (χ0) is 22.2. The molecule has 8 nitrogen and oxygen atoms in total. The standard InChI is InChI=1S/C22H31N3O5S/c1-15-12-18-19(30-16(2)21(26)23-18)13-20(15)31(28,29)25-11-7-8-17(14-25)22(27)24-9-5-3-4-6-10-24/h12-13,16-17H,3-11,14H2,1-2H3,(H,23,26)/t16-,17+/m0/s1. The summed E-state index contributed by atoms with van der Waals surface area (Å²) in [6.07, 6.45) is 5.03. The number of hydrogen-bond acceptors (Lipinski definition) is 5. The van der Waals surface area contributed by atoms with Gasteiger partial charge in [-0.1, -0.05) is 12.8 Å². The Morgan fingerprint density at radius 2 is 1.81 bits per heavy atom. The molecule has 0 bridgehead atoms. The molecule has 3 heterocycles. The van der Waals surface area contributed by atoms with E-state index in [0.717, 1.165) is 45.2 Å². The molecular weight excluding hydrogens is 418 g/mol. The van der Waals surface area contributed by atoms with Crippen LogP contribution in [0.25, 0.3) is 0 Å². The van der Waals surface area contributed by atoms with E-state index in [1.165, 1.54) is 10.4 Å². The Labute approximate surface area is 184 Å². The number of sulfonamides is 1. The van der Waals surface area contributed by atoms with Crippen molar-refractivity contribution < 1.29 is 22.7 Å². The maximum absolute atomic E-state index is 13.5. The lowest BCUT2D eigenvalue weighted by atomic mass is 9.98. The topological polar surface area (TPSA) is 96.0 Å². The summed E-state index contributed by atoms with van der Waals surface area (Å²) in [6, 6.07) is 3.13. The van der Waals surface area contributed by atoms with Crippen molar-refractivity contribution in [1.82, 2.24) is 9.21 Å². The SMILES string of the molecule is Cc1cc2c(cc1S(=O)(=O)N1CCC[C@@H](C(=O)N3CCCCCC3)C1)O[C@@H](C)C(=O)N2. The predicted molar refractivity (Wildman–Crippen MR) is 116 cm³/mol. The largest absolute Gasteiger partial charge is 0.479 e. The summed E-state index contributed by atoms with van der Waals surface area (Å²) < 4.78 is 34.1. The second kappa shape index (κ2) is 8.78. The van der Waals surface area contributed by atoms with Gasteiger partial charge < -0.3 is 15.0 Å². The highest BCUT2D eigenvalue weighted by Crippen LogP contribution is 2.36. The first-order chi connectivity index (χ1) is 14.8. The lowest BCUT2D eigenvalue weighted by Gasteiger charge is -2.34. The van der Waals surface area contributed by atoms with Crippen LogP contribution in [0.5, 0.6) is 5.75 Å². The fourth-order valence-electron chi connectivity index (χ4n) is 4.67. The smallest absolute Gasteiger partial charge is 0.265 e. The molecule has 3 aliphatic heterocycles. The molecule has 2 amide bonds. The van der Waals surface area contributed by atoms with Crippen LogP contribution in [0.15, 0.2) is 17.0 Å². The molecule has 0 aliphatic carbocycles. The summed E-state index contributed by atoms with van der Waals surface area (Å²) in [4.78, 5) is 27.0. The minimum Gasteiger partial charge on any atom is -0.479 e. The van der Waals surface area contributed by atoms with Crippen LogP contribution in [0.1, 0.15) is 51.0 Å². The summed E-state index contributed by atoms with van der Waals surface area (Å²) in [6.45, 7) is 5.48. The zero-order valence-corrected chi connectivity index (χ0v) is 19.0. The number of nitrogens with one attached hydrogen (secondary N) is 1. The lowest BCUT2D eigenvalue weighted by Crippen LogP contribution is -2.47. The second-order valence-corrected chi connectivity index (χ2v) is 10.7. The third kappa shape index (κ3) is 4.43. The molecule has 2 atom stereocenters.